The molecule has 10 heteroatoms. The normalized spacial score (nSPS) is 32.0. The molecule has 0 aromatic carbocycles. The number of aromatic nitrogens is 2. The van der Waals surface area contributed by atoms with Gasteiger partial charge in [0, 0.05) is 46.7 Å². The van der Waals surface area contributed by atoms with Gasteiger partial charge in [-0.25, -0.2) is 9.78 Å². The molecule has 160 valence electrons. The number of amides is 1. The van der Waals surface area contributed by atoms with Crippen molar-refractivity contribution < 1.29 is 19.8 Å². The molecule has 0 radical (unpaired) electrons. The molecule has 2 aromatic heterocycles. The second-order valence-electron chi connectivity index (χ2n) is 8.36. The molecular formula is C20H24N4O4S2. The average Bonchev–Trinajstić information content (AvgIpc) is 3.42. The van der Waals surface area contributed by atoms with Crippen molar-refractivity contribution in [2.45, 2.75) is 50.1 Å². The molecule has 3 aliphatic heterocycles. The fraction of sp³-hybridized carbons (Fsp3) is 0.550. The number of aliphatic hydroxyl groups excluding tert-OH is 1. The lowest BCUT2D eigenvalue weighted by molar-refractivity contribution is -0.163. The number of carbonyl (C=O) groups is 2. The van der Waals surface area contributed by atoms with Crippen molar-refractivity contribution in [3.63, 3.8) is 0 Å². The van der Waals surface area contributed by atoms with Crippen LogP contribution in [0.4, 0.5) is 0 Å². The number of aliphatic hydroxyl groups is 1. The zero-order chi connectivity index (χ0) is 21.2. The number of carbonyl (C=O) groups excluding carboxylic acids is 1. The number of rotatable bonds is 6. The maximum Gasteiger partial charge on any atom is 0.353 e. The van der Waals surface area contributed by atoms with E-state index < -0.39 is 18.0 Å². The summed E-state index contributed by atoms with van der Waals surface area (Å²) in [7, 11) is 0. The van der Waals surface area contributed by atoms with Crippen LogP contribution < -0.4 is 5.32 Å². The first kappa shape index (κ1) is 20.0. The van der Waals surface area contributed by atoms with Gasteiger partial charge in [-0.3, -0.25) is 9.20 Å². The van der Waals surface area contributed by atoms with E-state index in [1.165, 1.54) is 9.73 Å². The van der Waals surface area contributed by atoms with Gasteiger partial charge in [-0.2, -0.15) is 0 Å². The van der Waals surface area contributed by atoms with Gasteiger partial charge in [-0.05, 0) is 13.3 Å². The van der Waals surface area contributed by atoms with Crippen LogP contribution in [0.15, 0.2) is 28.5 Å². The Morgan fingerprint density at radius 2 is 2.30 bits per heavy atom. The third-order valence-electron chi connectivity index (χ3n) is 6.45. The summed E-state index contributed by atoms with van der Waals surface area (Å²) < 4.78 is 2.03. The molecule has 0 saturated carbocycles. The lowest BCUT2D eigenvalue weighted by Crippen LogP contribution is -2.63. The Balaban J connectivity index is 1.30. The molecule has 0 aliphatic carbocycles. The van der Waals surface area contributed by atoms with Gasteiger partial charge in [-0.1, -0.05) is 6.92 Å². The Bertz CT molecular complexity index is 1040. The number of fused-ring (bicyclic) bond motifs is 2. The van der Waals surface area contributed by atoms with Gasteiger partial charge in [0.05, 0.1) is 23.8 Å². The van der Waals surface area contributed by atoms with Gasteiger partial charge in [0.1, 0.15) is 16.9 Å². The van der Waals surface area contributed by atoms with Gasteiger partial charge >= 0.3 is 5.97 Å². The molecule has 0 bridgehead atoms. The Morgan fingerprint density at radius 1 is 1.50 bits per heavy atom. The Kier molecular flexibility index (Phi) is 4.92. The van der Waals surface area contributed by atoms with Crippen LogP contribution in [0.1, 0.15) is 26.0 Å². The van der Waals surface area contributed by atoms with E-state index in [2.05, 4.69) is 10.3 Å². The van der Waals surface area contributed by atoms with E-state index in [0.717, 1.165) is 30.0 Å². The highest BCUT2D eigenvalue weighted by molar-refractivity contribution is 8.03. The number of β-lactam (4-membered cyclic amide) rings is 1. The van der Waals surface area contributed by atoms with E-state index in [9.17, 15) is 19.8 Å². The molecule has 8 nitrogen and oxygen atoms in total. The molecule has 6 atom stereocenters. The van der Waals surface area contributed by atoms with E-state index in [1.54, 1.807) is 30.0 Å². The standard InChI is InChI=1S/C20H24N4O4S2/c1-9-15-14(10(2)25)18(26)24(15)16(20(27)28)17(9)30-12-5-11(21-7-12)6-13-19-23(8-22-13)3-4-29-19/h3-4,8-12,14-15,21,25H,5-7H2,1-2H3,(H,27,28)/t9-,10-,11+,12+,14-,15-/m1/s1. The summed E-state index contributed by atoms with van der Waals surface area (Å²) in [5.74, 6) is -1.95. The maximum absolute atomic E-state index is 12.5. The zero-order valence-electron chi connectivity index (χ0n) is 16.7. The number of hydrogen-bond acceptors (Lipinski definition) is 7. The zero-order valence-corrected chi connectivity index (χ0v) is 18.3. The number of nitrogens with one attached hydrogen (secondary N) is 1. The summed E-state index contributed by atoms with van der Waals surface area (Å²) in [5, 5.41) is 25.6. The Morgan fingerprint density at radius 3 is 3.03 bits per heavy atom. The van der Waals surface area contributed by atoms with Crippen molar-refractivity contribution in [2.75, 3.05) is 6.54 Å². The van der Waals surface area contributed by atoms with E-state index >= 15 is 0 Å². The third-order valence-corrected chi connectivity index (χ3v) is 8.89. The molecule has 3 aliphatic rings. The minimum Gasteiger partial charge on any atom is -0.477 e. The predicted octanol–water partition coefficient (Wildman–Crippen LogP) is 1.56. The molecule has 5 heterocycles. The first-order valence-corrected chi connectivity index (χ1v) is 11.9. The number of carboxylic acid groups (broad SMARTS) is 1. The molecule has 5 rings (SSSR count). The summed E-state index contributed by atoms with van der Waals surface area (Å²) in [6, 6.07) is 0.0340. The van der Waals surface area contributed by atoms with Crippen molar-refractivity contribution in [3.8, 4) is 0 Å². The van der Waals surface area contributed by atoms with Crippen molar-refractivity contribution in [1.82, 2.24) is 19.6 Å². The number of aliphatic carboxylic acids is 1. The van der Waals surface area contributed by atoms with Crippen LogP contribution in [0.3, 0.4) is 0 Å². The Labute approximate surface area is 182 Å². The number of carboxylic acids is 1. The number of imidazole rings is 1. The van der Waals surface area contributed by atoms with Crippen molar-refractivity contribution in [1.29, 1.82) is 0 Å². The molecule has 2 saturated heterocycles. The summed E-state index contributed by atoms with van der Waals surface area (Å²) >= 11 is 3.26. The SMILES string of the molecule is C[C@@H](O)[C@H]1C(=O)N2C(C(=O)O)=C(S[C@@H]3CN[C@H](Cc4ncn5ccsc45)C3)[C@H](C)[C@H]12. The lowest BCUT2D eigenvalue weighted by Gasteiger charge is -2.46. The molecule has 2 fully saturated rings. The van der Waals surface area contributed by atoms with Crippen LogP contribution >= 0.6 is 23.1 Å². The monoisotopic (exact) mass is 448 g/mol. The minimum atomic E-state index is -1.06. The van der Waals surface area contributed by atoms with E-state index in [0.29, 0.717) is 0 Å². The summed E-state index contributed by atoms with van der Waals surface area (Å²) in [4.78, 5) is 32.3. The van der Waals surface area contributed by atoms with Crippen molar-refractivity contribution in [2.24, 2.45) is 11.8 Å². The topological polar surface area (TPSA) is 107 Å². The minimum absolute atomic E-state index is 0.0867. The van der Waals surface area contributed by atoms with Gasteiger partial charge in [-0.15, -0.1) is 23.1 Å². The summed E-state index contributed by atoms with van der Waals surface area (Å²) in [6.07, 6.45) is 4.82. The Hall–Kier alpha value is -1.88. The van der Waals surface area contributed by atoms with Gasteiger partial charge in [0.25, 0.3) is 0 Å². The van der Waals surface area contributed by atoms with Crippen LogP contribution in [0.2, 0.25) is 0 Å². The highest BCUT2D eigenvalue weighted by atomic mass is 32.2. The summed E-state index contributed by atoms with van der Waals surface area (Å²) in [5.41, 5.74) is 1.19. The molecule has 0 spiro atoms. The van der Waals surface area contributed by atoms with Gasteiger partial charge in [0.2, 0.25) is 5.91 Å². The quantitative estimate of drug-likeness (QED) is 0.576. The maximum atomic E-state index is 12.5. The van der Waals surface area contributed by atoms with E-state index in [-0.39, 0.29) is 34.9 Å². The van der Waals surface area contributed by atoms with Crippen molar-refractivity contribution in [3.05, 3.63) is 34.2 Å². The molecule has 1 amide bonds. The predicted molar refractivity (Wildman–Crippen MR) is 114 cm³/mol. The average molecular weight is 449 g/mol. The number of thiazole rings is 1. The number of nitrogens with zero attached hydrogens (tertiary/aromatic N) is 3. The smallest absolute Gasteiger partial charge is 0.353 e. The lowest BCUT2D eigenvalue weighted by atomic mass is 9.79. The third kappa shape index (κ3) is 3.00. The first-order chi connectivity index (χ1) is 14.4. The highest BCUT2D eigenvalue weighted by Crippen LogP contribution is 2.51. The van der Waals surface area contributed by atoms with Crippen LogP contribution in [0.5, 0.6) is 0 Å². The number of hydrogen-bond donors (Lipinski definition) is 3. The fourth-order valence-electron chi connectivity index (χ4n) is 5.04. The van der Waals surface area contributed by atoms with Gasteiger partial charge in [0.15, 0.2) is 0 Å². The van der Waals surface area contributed by atoms with E-state index in [4.69, 9.17) is 0 Å². The van der Waals surface area contributed by atoms with Crippen LogP contribution in [-0.2, 0) is 16.0 Å². The first-order valence-electron chi connectivity index (χ1n) is 10.1. The highest BCUT2D eigenvalue weighted by Gasteiger charge is 2.60. The van der Waals surface area contributed by atoms with Gasteiger partial charge < -0.3 is 20.4 Å². The number of thioether (sulfide) groups is 1. The summed E-state index contributed by atoms with van der Waals surface area (Å²) in [6.45, 7) is 4.36. The van der Waals surface area contributed by atoms with E-state index in [1.807, 2.05) is 29.2 Å². The van der Waals surface area contributed by atoms with Crippen molar-refractivity contribution >= 4 is 39.8 Å². The molecule has 30 heavy (non-hydrogen) atoms. The van der Waals surface area contributed by atoms with Crippen LogP contribution in [-0.4, -0.2) is 66.4 Å². The second-order valence-corrected chi connectivity index (χ2v) is 10.6. The van der Waals surface area contributed by atoms with Crippen LogP contribution in [0, 0.1) is 11.8 Å². The largest absolute Gasteiger partial charge is 0.477 e. The second kappa shape index (κ2) is 7.37. The fourth-order valence-corrected chi connectivity index (χ4v) is 7.38. The molecule has 0 unspecified atom stereocenters. The molecule has 2 aromatic rings. The molecule has 3 N–H and O–H groups in total. The molecular weight excluding hydrogens is 424 g/mol. The van der Waals surface area contributed by atoms with Crippen LogP contribution in [0.25, 0.3) is 4.83 Å².